The lowest BCUT2D eigenvalue weighted by molar-refractivity contribution is 0.172. The number of furan rings is 1. The minimum Gasteiger partial charge on any atom is -0.464 e. The molecular formula is C20H15N3O4. The summed E-state index contributed by atoms with van der Waals surface area (Å²) >= 11 is 0. The van der Waals surface area contributed by atoms with Crippen molar-refractivity contribution in [3.05, 3.63) is 54.4 Å². The lowest BCUT2D eigenvalue weighted by Gasteiger charge is -2.13. The molecule has 27 heavy (non-hydrogen) atoms. The highest BCUT2D eigenvalue weighted by Gasteiger charge is 2.26. The van der Waals surface area contributed by atoms with Gasteiger partial charge in [-0.05, 0) is 38.1 Å². The molecule has 0 fully saturated rings. The van der Waals surface area contributed by atoms with Gasteiger partial charge in [-0.25, -0.2) is 15.0 Å². The van der Waals surface area contributed by atoms with Crippen LogP contribution < -0.4 is 14.2 Å². The number of hydrogen-bond acceptors (Lipinski definition) is 7. The van der Waals surface area contributed by atoms with Crippen LogP contribution in [0.25, 0.3) is 22.1 Å². The maximum absolute atomic E-state index is 6.04. The number of rotatable bonds is 3. The average Bonchev–Trinajstić information content (AvgIpc) is 3.33. The first kappa shape index (κ1) is 15.6. The van der Waals surface area contributed by atoms with Crippen molar-refractivity contribution in [2.75, 3.05) is 6.79 Å². The van der Waals surface area contributed by atoms with E-state index in [1.54, 1.807) is 24.9 Å². The van der Waals surface area contributed by atoms with Gasteiger partial charge in [-0.3, -0.25) is 0 Å². The zero-order chi connectivity index (χ0) is 18.4. The van der Waals surface area contributed by atoms with Crippen molar-refractivity contribution >= 4 is 11.0 Å². The number of ether oxygens (including phenoxy) is 3. The summed E-state index contributed by atoms with van der Waals surface area (Å²) in [5.74, 6) is 2.13. The van der Waals surface area contributed by atoms with Crippen molar-refractivity contribution in [1.29, 1.82) is 0 Å². The normalized spacial score (nSPS) is 12.5. The van der Waals surface area contributed by atoms with E-state index < -0.39 is 0 Å². The van der Waals surface area contributed by atoms with Gasteiger partial charge in [0, 0.05) is 28.7 Å². The molecule has 4 heterocycles. The van der Waals surface area contributed by atoms with Gasteiger partial charge in [0.25, 0.3) is 0 Å². The number of aromatic nitrogens is 3. The van der Waals surface area contributed by atoms with Crippen LogP contribution >= 0.6 is 0 Å². The second-order valence-corrected chi connectivity index (χ2v) is 6.15. The highest BCUT2D eigenvalue weighted by Crippen LogP contribution is 2.49. The largest absolute Gasteiger partial charge is 0.464 e. The second-order valence-electron chi connectivity index (χ2n) is 6.15. The van der Waals surface area contributed by atoms with Crippen LogP contribution in [0.2, 0.25) is 0 Å². The maximum atomic E-state index is 6.04. The van der Waals surface area contributed by atoms with E-state index >= 15 is 0 Å². The molecule has 1 aliphatic heterocycles. The summed E-state index contributed by atoms with van der Waals surface area (Å²) in [5, 5.41) is 0.789. The summed E-state index contributed by atoms with van der Waals surface area (Å²) in [4.78, 5) is 12.9. The van der Waals surface area contributed by atoms with E-state index in [2.05, 4.69) is 15.0 Å². The molecule has 0 saturated carbocycles. The molecule has 5 rings (SSSR count). The van der Waals surface area contributed by atoms with Gasteiger partial charge in [0.1, 0.15) is 11.9 Å². The van der Waals surface area contributed by atoms with E-state index in [1.807, 2.05) is 32.0 Å². The number of pyridine rings is 1. The summed E-state index contributed by atoms with van der Waals surface area (Å²) < 4.78 is 22.9. The van der Waals surface area contributed by atoms with E-state index in [4.69, 9.17) is 18.6 Å². The first-order chi connectivity index (χ1) is 13.2. The van der Waals surface area contributed by atoms with Crippen LogP contribution in [0.15, 0.2) is 47.5 Å². The fourth-order valence-electron chi connectivity index (χ4n) is 3.29. The van der Waals surface area contributed by atoms with Gasteiger partial charge in [0.2, 0.25) is 18.4 Å². The minimum absolute atomic E-state index is 0.123. The van der Waals surface area contributed by atoms with Crippen LogP contribution in [-0.4, -0.2) is 21.7 Å². The number of hydrogen-bond donors (Lipinski definition) is 0. The van der Waals surface area contributed by atoms with Gasteiger partial charge in [0.15, 0.2) is 11.5 Å². The van der Waals surface area contributed by atoms with Crippen molar-refractivity contribution in [3.8, 4) is 34.3 Å². The molecule has 0 unspecified atom stereocenters. The summed E-state index contributed by atoms with van der Waals surface area (Å²) in [7, 11) is 0. The molecule has 0 saturated heterocycles. The predicted octanol–water partition coefficient (Wildman–Crippen LogP) is 4.42. The third kappa shape index (κ3) is 2.47. The van der Waals surface area contributed by atoms with Crippen molar-refractivity contribution in [1.82, 2.24) is 15.0 Å². The van der Waals surface area contributed by atoms with E-state index in [9.17, 15) is 0 Å². The number of benzene rings is 1. The summed E-state index contributed by atoms with van der Waals surface area (Å²) in [6.45, 7) is 4.01. The second kappa shape index (κ2) is 5.98. The zero-order valence-electron chi connectivity index (χ0n) is 14.7. The Morgan fingerprint density at radius 3 is 2.59 bits per heavy atom. The molecule has 0 N–H and O–H groups in total. The predicted molar refractivity (Wildman–Crippen MR) is 97.1 cm³/mol. The highest BCUT2D eigenvalue weighted by atomic mass is 16.7. The van der Waals surface area contributed by atoms with Crippen LogP contribution in [0.5, 0.6) is 23.1 Å². The Labute approximate surface area is 154 Å². The molecule has 0 atom stereocenters. The van der Waals surface area contributed by atoms with Crippen molar-refractivity contribution < 1.29 is 18.6 Å². The van der Waals surface area contributed by atoms with E-state index in [1.165, 1.54) is 0 Å². The molecule has 134 valence electrons. The quantitative estimate of drug-likeness (QED) is 0.534. The van der Waals surface area contributed by atoms with Gasteiger partial charge >= 0.3 is 0 Å². The molecular weight excluding hydrogens is 346 g/mol. The molecule has 1 aliphatic rings. The topological polar surface area (TPSA) is 79.5 Å². The van der Waals surface area contributed by atoms with Crippen LogP contribution in [-0.2, 0) is 0 Å². The van der Waals surface area contributed by atoms with Gasteiger partial charge in [-0.15, -0.1) is 0 Å². The fourth-order valence-corrected chi connectivity index (χ4v) is 3.29. The molecule has 3 aromatic heterocycles. The van der Waals surface area contributed by atoms with Gasteiger partial charge in [-0.2, -0.15) is 0 Å². The Hall–Kier alpha value is -3.61. The first-order valence-corrected chi connectivity index (χ1v) is 8.43. The fraction of sp³-hybridized carbons (Fsp3) is 0.150. The third-order valence-corrected chi connectivity index (χ3v) is 4.53. The zero-order valence-corrected chi connectivity index (χ0v) is 14.7. The Kier molecular flexibility index (Phi) is 3.46. The molecule has 0 radical (unpaired) electrons. The smallest absolute Gasteiger partial charge is 0.231 e. The van der Waals surface area contributed by atoms with E-state index in [0.29, 0.717) is 28.7 Å². The molecule has 0 spiro atoms. The first-order valence-electron chi connectivity index (χ1n) is 8.43. The molecule has 0 bridgehead atoms. The molecule has 0 aliphatic carbocycles. The lowest BCUT2D eigenvalue weighted by atomic mass is 10.0. The average molecular weight is 361 g/mol. The Balaban J connectivity index is 1.62. The van der Waals surface area contributed by atoms with Crippen molar-refractivity contribution in [3.63, 3.8) is 0 Å². The van der Waals surface area contributed by atoms with E-state index in [-0.39, 0.29) is 6.79 Å². The third-order valence-electron chi connectivity index (χ3n) is 4.53. The molecule has 7 nitrogen and oxygen atoms in total. The van der Waals surface area contributed by atoms with E-state index in [0.717, 1.165) is 27.9 Å². The van der Waals surface area contributed by atoms with Crippen LogP contribution in [0.1, 0.15) is 11.4 Å². The monoisotopic (exact) mass is 361 g/mol. The molecule has 0 amide bonds. The Morgan fingerprint density at radius 2 is 1.74 bits per heavy atom. The van der Waals surface area contributed by atoms with Crippen LogP contribution in [0.4, 0.5) is 0 Å². The summed E-state index contributed by atoms with van der Waals surface area (Å²) in [5.41, 5.74) is 4.26. The maximum Gasteiger partial charge on any atom is 0.231 e. The summed E-state index contributed by atoms with van der Waals surface area (Å²) in [6.07, 6.45) is 4.80. The Bertz CT molecular complexity index is 1150. The number of fused-ring (bicyclic) bond motifs is 2. The van der Waals surface area contributed by atoms with Crippen LogP contribution in [0, 0.1) is 13.8 Å². The van der Waals surface area contributed by atoms with Gasteiger partial charge in [-0.1, -0.05) is 0 Å². The molecule has 7 heteroatoms. The lowest BCUT2D eigenvalue weighted by Crippen LogP contribution is -1.97. The summed E-state index contributed by atoms with van der Waals surface area (Å²) in [6, 6.07) is 7.38. The van der Waals surface area contributed by atoms with Crippen molar-refractivity contribution in [2.24, 2.45) is 0 Å². The SMILES string of the molecule is Cc1ncnc(C)c1-c1ccc(Oc2nccc3occc23)c2c1OCO2. The molecule has 4 aromatic rings. The minimum atomic E-state index is 0.123. The van der Waals surface area contributed by atoms with Crippen molar-refractivity contribution in [2.45, 2.75) is 13.8 Å². The molecule has 1 aromatic carbocycles. The number of aryl methyl sites for hydroxylation is 2. The highest BCUT2D eigenvalue weighted by molar-refractivity contribution is 5.83. The van der Waals surface area contributed by atoms with Gasteiger partial charge < -0.3 is 18.6 Å². The van der Waals surface area contributed by atoms with Crippen LogP contribution in [0.3, 0.4) is 0 Å². The Morgan fingerprint density at radius 1 is 0.926 bits per heavy atom. The number of nitrogens with zero attached hydrogens (tertiary/aromatic N) is 3. The standard InChI is InChI=1S/C20H15N3O4/c1-11-17(12(2)23-9-22-11)14-3-4-16(19-18(14)25-10-26-19)27-20-13-6-8-24-15(13)5-7-21-20/h3-9H,10H2,1-2H3. The van der Waals surface area contributed by atoms with Gasteiger partial charge in [0.05, 0.1) is 11.6 Å².